The van der Waals surface area contributed by atoms with E-state index in [1.165, 1.54) is 0 Å². The first-order valence-corrected chi connectivity index (χ1v) is 13.5. The van der Waals surface area contributed by atoms with E-state index in [-0.39, 0.29) is 5.75 Å². The molecule has 7 nitrogen and oxygen atoms in total. The molecule has 0 radical (unpaired) electrons. The van der Waals surface area contributed by atoms with Crippen LogP contribution in [0.15, 0.2) is 110 Å². The van der Waals surface area contributed by atoms with E-state index in [1.807, 2.05) is 85.8 Å². The normalized spacial score (nSPS) is 11.3. The van der Waals surface area contributed by atoms with Crippen molar-refractivity contribution in [3.05, 3.63) is 149 Å². The van der Waals surface area contributed by atoms with Gasteiger partial charge in [0.2, 0.25) is 0 Å². The van der Waals surface area contributed by atoms with E-state index in [0.717, 1.165) is 39.5 Å². The van der Waals surface area contributed by atoms with Crippen LogP contribution in [-0.2, 0) is 39.3 Å². The first-order valence-electron chi connectivity index (χ1n) is 13.5. The third-order valence-electron chi connectivity index (χ3n) is 6.80. The largest absolute Gasteiger partial charge is 0.872 e. The molecule has 0 fully saturated rings. The lowest BCUT2D eigenvalue weighted by Crippen LogP contribution is -2.26. The molecule has 0 spiro atoms. The van der Waals surface area contributed by atoms with Gasteiger partial charge >= 0.3 is 0 Å². The molecule has 0 aliphatic carbocycles. The van der Waals surface area contributed by atoms with E-state index in [0.29, 0.717) is 39.3 Å². The summed E-state index contributed by atoms with van der Waals surface area (Å²) in [6, 6.07) is 27.7. The van der Waals surface area contributed by atoms with Crippen molar-refractivity contribution in [2.45, 2.75) is 46.2 Å². The van der Waals surface area contributed by atoms with Crippen LogP contribution in [0.25, 0.3) is 0 Å². The van der Waals surface area contributed by atoms with Crippen molar-refractivity contribution in [3.8, 4) is 5.75 Å². The zero-order valence-corrected chi connectivity index (χ0v) is 22.7. The molecule has 5 aromatic rings. The van der Waals surface area contributed by atoms with Crippen LogP contribution < -0.4 is 5.11 Å². The average Bonchev–Trinajstić information content (AvgIpc) is 2.99. The number of benzene rings is 1. The molecule has 0 aliphatic heterocycles. The monoisotopic (exact) mass is 529 g/mol. The van der Waals surface area contributed by atoms with Gasteiger partial charge in [-0.2, -0.15) is 0 Å². The Morgan fingerprint density at radius 2 is 0.900 bits per heavy atom. The number of aryl methyl sites for hydroxylation is 1. The number of hydrogen-bond acceptors (Lipinski definition) is 7. The first kappa shape index (κ1) is 27.1. The summed E-state index contributed by atoms with van der Waals surface area (Å²) in [6.07, 6.45) is 7.21. The first-order chi connectivity index (χ1) is 19.6. The molecule has 1 aromatic carbocycles. The van der Waals surface area contributed by atoms with E-state index in [9.17, 15) is 5.11 Å². The molecular formula is C33H33N6O-. The molecule has 0 N–H and O–H groups in total. The molecule has 40 heavy (non-hydrogen) atoms. The number of nitrogens with zero attached hydrogens (tertiary/aromatic N) is 6. The maximum atomic E-state index is 14.0. The lowest BCUT2D eigenvalue weighted by atomic mass is 10.0. The van der Waals surface area contributed by atoms with Gasteiger partial charge in [-0.15, -0.1) is 0 Å². The van der Waals surface area contributed by atoms with E-state index in [4.69, 9.17) is 0 Å². The van der Waals surface area contributed by atoms with Crippen molar-refractivity contribution >= 4 is 0 Å². The summed E-state index contributed by atoms with van der Waals surface area (Å²) in [5.74, 6) is 0.0825. The van der Waals surface area contributed by atoms with Gasteiger partial charge in [0.1, 0.15) is 0 Å². The molecule has 0 bridgehead atoms. The fourth-order valence-electron chi connectivity index (χ4n) is 4.78. The average molecular weight is 530 g/mol. The minimum atomic E-state index is 0.0825. The van der Waals surface area contributed by atoms with Crippen LogP contribution in [0.4, 0.5) is 0 Å². The van der Waals surface area contributed by atoms with E-state index >= 15 is 0 Å². The van der Waals surface area contributed by atoms with Gasteiger partial charge in [-0.05, 0) is 72.1 Å². The molecule has 0 aliphatic rings. The Morgan fingerprint density at radius 1 is 0.500 bits per heavy atom. The Bertz CT molecular complexity index is 1380. The Balaban J connectivity index is 1.40. The molecule has 0 amide bonds. The Morgan fingerprint density at radius 3 is 1.27 bits per heavy atom. The summed E-state index contributed by atoms with van der Waals surface area (Å²) < 4.78 is 0. The molecule has 4 heterocycles. The highest BCUT2D eigenvalue weighted by Gasteiger charge is 2.16. The fraction of sp³-hybridized carbons (Fsp3) is 0.212. The molecule has 0 unspecified atom stereocenters. The van der Waals surface area contributed by atoms with Crippen LogP contribution in [-0.4, -0.2) is 29.7 Å². The lowest BCUT2D eigenvalue weighted by Gasteiger charge is -2.30. The third kappa shape index (κ3) is 7.56. The van der Waals surface area contributed by atoms with Gasteiger partial charge in [0.05, 0.1) is 22.8 Å². The van der Waals surface area contributed by atoms with E-state index in [2.05, 4.69) is 35.8 Å². The van der Waals surface area contributed by atoms with Gasteiger partial charge in [0.15, 0.2) is 0 Å². The summed E-state index contributed by atoms with van der Waals surface area (Å²) >= 11 is 0. The van der Waals surface area contributed by atoms with E-state index < -0.39 is 0 Å². The molecule has 202 valence electrons. The Labute approximate surface area is 235 Å². The van der Waals surface area contributed by atoms with Gasteiger partial charge in [0, 0.05) is 64.1 Å². The molecule has 0 atom stereocenters. The quantitative estimate of drug-likeness (QED) is 0.224. The maximum Gasteiger partial charge on any atom is 0.0544 e. The fourth-order valence-corrected chi connectivity index (χ4v) is 4.78. The Hall–Kier alpha value is -4.46. The van der Waals surface area contributed by atoms with Gasteiger partial charge in [-0.25, -0.2) is 0 Å². The predicted molar refractivity (Wildman–Crippen MR) is 153 cm³/mol. The second-order valence-corrected chi connectivity index (χ2v) is 9.92. The van der Waals surface area contributed by atoms with Crippen molar-refractivity contribution in [2.75, 3.05) is 0 Å². The van der Waals surface area contributed by atoms with Gasteiger partial charge in [-0.3, -0.25) is 29.7 Å². The summed E-state index contributed by atoms with van der Waals surface area (Å²) in [7, 11) is 0. The molecule has 7 heteroatoms. The highest BCUT2D eigenvalue weighted by Crippen LogP contribution is 2.28. The molecule has 4 aromatic heterocycles. The third-order valence-corrected chi connectivity index (χ3v) is 6.80. The summed E-state index contributed by atoms with van der Waals surface area (Å²) in [6.45, 7) is 5.49. The highest BCUT2D eigenvalue weighted by atomic mass is 16.3. The van der Waals surface area contributed by atoms with Gasteiger partial charge in [-0.1, -0.05) is 42.1 Å². The molecular weight excluding hydrogens is 496 g/mol. The topological polar surface area (TPSA) is 81.1 Å². The standard InChI is InChI=1S/C33H34N6O/c1-26-14-15-27(20-38(21-28-10-2-6-16-34-28)22-29-11-3-7-17-35-29)33(40)32(26)25-39(23-30-12-4-8-18-36-30)24-31-13-5-9-19-37-31/h2-19,40H,20-25H2,1H3/p-1. The van der Waals surface area contributed by atoms with Gasteiger partial charge < -0.3 is 5.11 Å². The Kier molecular flexibility index (Phi) is 9.19. The van der Waals surface area contributed by atoms with Crippen LogP contribution in [0.5, 0.6) is 5.75 Å². The van der Waals surface area contributed by atoms with Crippen LogP contribution in [0.3, 0.4) is 0 Å². The lowest BCUT2D eigenvalue weighted by molar-refractivity contribution is -0.271. The van der Waals surface area contributed by atoms with Crippen molar-refractivity contribution < 1.29 is 5.11 Å². The van der Waals surface area contributed by atoms with Crippen molar-refractivity contribution in [3.63, 3.8) is 0 Å². The number of aromatic nitrogens is 4. The zero-order chi connectivity index (χ0) is 27.6. The minimum absolute atomic E-state index is 0.0825. The number of pyridine rings is 4. The summed E-state index contributed by atoms with van der Waals surface area (Å²) in [5.41, 5.74) is 6.38. The SMILES string of the molecule is Cc1ccc(CN(Cc2ccccn2)Cc2ccccn2)c([O-])c1CN(Cc1ccccn1)Cc1ccccn1. The van der Waals surface area contributed by atoms with E-state index in [1.54, 1.807) is 24.8 Å². The maximum absolute atomic E-state index is 14.0. The van der Waals surface area contributed by atoms with Gasteiger partial charge in [0.25, 0.3) is 0 Å². The molecule has 5 rings (SSSR count). The van der Waals surface area contributed by atoms with Crippen molar-refractivity contribution in [1.82, 2.24) is 29.7 Å². The number of hydrogen-bond donors (Lipinski definition) is 0. The zero-order valence-electron chi connectivity index (χ0n) is 22.7. The summed E-state index contributed by atoms with van der Waals surface area (Å²) in [5, 5.41) is 14.0. The van der Waals surface area contributed by atoms with Crippen LogP contribution >= 0.6 is 0 Å². The molecule has 0 saturated carbocycles. The highest BCUT2D eigenvalue weighted by molar-refractivity contribution is 5.44. The van der Waals surface area contributed by atoms with Crippen molar-refractivity contribution in [2.24, 2.45) is 0 Å². The second-order valence-electron chi connectivity index (χ2n) is 9.92. The number of rotatable bonds is 12. The van der Waals surface area contributed by atoms with Crippen LogP contribution in [0, 0.1) is 6.92 Å². The summed E-state index contributed by atoms with van der Waals surface area (Å²) in [4.78, 5) is 22.5. The van der Waals surface area contributed by atoms with Crippen molar-refractivity contribution in [1.29, 1.82) is 0 Å². The second kappa shape index (κ2) is 13.6. The smallest absolute Gasteiger partial charge is 0.0544 e. The molecule has 0 saturated heterocycles. The predicted octanol–water partition coefficient (Wildman–Crippen LogP) is 5.05. The van der Waals surface area contributed by atoms with Crippen LogP contribution in [0.1, 0.15) is 39.5 Å². The van der Waals surface area contributed by atoms with Crippen LogP contribution in [0.2, 0.25) is 0 Å². The minimum Gasteiger partial charge on any atom is -0.872 e.